The zero-order valence-electron chi connectivity index (χ0n) is 12.3. The number of hydrogen-bond acceptors (Lipinski definition) is 2. The second-order valence-electron chi connectivity index (χ2n) is 6.69. The Morgan fingerprint density at radius 2 is 1.74 bits per heavy atom. The number of hydrogen-bond donors (Lipinski definition) is 1. The van der Waals surface area contributed by atoms with E-state index in [2.05, 4.69) is 20.8 Å². The van der Waals surface area contributed by atoms with Gasteiger partial charge in [-0.05, 0) is 37.1 Å². The first-order valence-electron chi connectivity index (χ1n) is 7.03. The van der Waals surface area contributed by atoms with Crippen molar-refractivity contribution in [1.29, 1.82) is 0 Å². The summed E-state index contributed by atoms with van der Waals surface area (Å²) in [5.74, 6) is 0.193. The Kier molecular flexibility index (Phi) is 5.29. The summed E-state index contributed by atoms with van der Waals surface area (Å²) in [4.78, 5) is 1.48. The molecule has 0 bridgehead atoms. The minimum Gasteiger partial charge on any atom is -0.393 e. The van der Waals surface area contributed by atoms with Crippen LogP contribution in [0.15, 0.2) is 0 Å². The molecule has 0 aromatic carbocycles. The number of aliphatic hydroxyl groups is 1. The predicted octanol–water partition coefficient (Wildman–Crippen LogP) is 3.45. The molecule has 114 valence electrons. The Morgan fingerprint density at radius 1 is 1.16 bits per heavy atom. The van der Waals surface area contributed by atoms with E-state index in [9.17, 15) is 18.3 Å². The van der Waals surface area contributed by atoms with Crippen molar-refractivity contribution in [2.24, 2.45) is 11.3 Å². The van der Waals surface area contributed by atoms with Gasteiger partial charge in [0.25, 0.3) is 0 Å². The van der Waals surface area contributed by atoms with Crippen LogP contribution >= 0.6 is 0 Å². The summed E-state index contributed by atoms with van der Waals surface area (Å²) in [7, 11) is 0. The van der Waals surface area contributed by atoms with E-state index in [1.807, 2.05) is 0 Å². The first-order chi connectivity index (χ1) is 8.54. The highest BCUT2D eigenvalue weighted by molar-refractivity contribution is 4.92. The van der Waals surface area contributed by atoms with Gasteiger partial charge in [-0.2, -0.15) is 13.2 Å². The Labute approximate surface area is 114 Å². The fourth-order valence-electron chi connectivity index (χ4n) is 3.23. The van der Waals surface area contributed by atoms with Crippen molar-refractivity contribution in [2.45, 2.75) is 65.3 Å². The fourth-order valence-corrected chi connectivity index (χ4v) is 3.23. The molecule has 1 N–H and O–H groups in total. The molecule has 2 nitrogen and oxygen atoms in total. The van der Waals surface area contributed by atoms with Gasteiger partial charge in [0, 0.05) is 6.04 Å². The molecule has 3 atom stereocenters. The number of nitrogens with zero attached hydrogens (tertiary/aromatic N) is 1. The zero-order chi connectivity index (χ0) is 14.8. The van der Waals surface area contributed by atoms with Crippen LogP contribution in [0.2, 0.25) is 0 Å². The van der Waals surface area contributed by atoms with E-state index < -0.39 is 18.8 Å². The SMILES string of the molecule is CCN(CC(F)(F)F)C1CC(O)CCC1C(C)(C)C. The minimum absolute atomic E-state index is 0.0379. The van der Waals surface area contributed by atoms with Gasteiger partial charge in [0.2, 0.25) is 0 Å². The van der Waals surface area contributed by atoms with Crippen molar-refractivity contribution in [1.82, 2.24) is 4.90 Å². The molecule has 1 saturated carbocycles. The molecule has 1 aliphatic carbocycles. The molecule has 0 aromatic heterocycles. The molecule has 0 radical (unpaired) electrons. The Balaban J connectivity index is 2.88. The molecule has 0 spiro atoms. The lowest BCUT2D eigenvalue weighted by Crippen LogP contribution is -2.52. The van der Waals surface area contributed by atoms with Crippen molar-refractivity contribution >= 4 is 0 Å². The summed E-state index contributed by atoms with van der Waals surface area (Å²) in [5.41, 5.74) is -0.0379. The summed E-state index contributed by atoms with van der Waals surface area (Å²) >= 11 is 0. The van der Waals surface area contributed by atoms with Crippen LogP contribution in [-0.2, 0) is 0 Å². The predicted molar refractivity (Wildman–Crippen MR) is 69.9 cm³/mol. The fraction of sp³-hybridized carbons (Fsp3) is 1.00. The highest BCUT2D eigenvalue weighted by Gasteiger charge is 2.42. The summed E-state index contributed by atoms with van der Waals surface area (Å²) in [5, 5.41) is 9.80. The van der Waals surface area contributed by atoms with Gasteiger partial charge >= 0.3 is 6.18 Å². The number of aliphatic hydroxyl groups excluding tert-OH is 1. The van der Waals surface area contributed by atoms with Gasteiger partial charge < -0.3 is 5.11 Å². The molecule has 0 saturated heterocycles. The molecule has 0 heterocycles. The maximum atomic E-state index is 12.7. The van der Waals surface area contributed by atoms with E-state index in [-0.39, 0.29) is 17.4 Å². The van der Waals surface area contributed by atoms with Gasteiger partial charge in [-0.15, -0.1) is 0 Å². The molecule has 3 unspecified atom stereocenters. The molecular formula is C14H26F3NO. The second-order valence-corrected chi connectivity index (χ2v) is 6.69. The highest BCUT2D eigenvalue weighted by atomic mass is 19.4. The lowest BCUT2D eigenvalue weighted by molar-refractivity contribution is -0.159. The molecular weight excluding hydrogens is 255 g/mol. The van der Waals surface area contributed by atoms with E-state index in [0.717, 1.165) is 6.42 Å². The van der Waals surface area contributed by atoms with Crippen LogP contribution in [0.3, 0.4) is 0 Å². The topological polar surface area (TPSA) is 23.5 Å². The summed E-state index contributed by atoms with van der Waals surface area (Å²) in [6.45, 7) is 7.46. The van der Waals surface area contributed by atoms with Crippen LogP contribution in [-0.4, -0.2) is 41.4 Å². The molecule has 0 aromatic rings. The van der Waals surface area contributed by atoms with Gasteiger partial charge in [-0.1, -0.05) is 27.7 Å². The summed E-state index contributed by atoms with van der Waals surface area (Å²) in [6.07, 6.45) is -2.70. The normalized spacial score (nSPS) is 29.8. The van der Waals surface area contributed by atoms with Crippen molar-refractivity contribution in [2.75, 3.05) is 13.1 Å². The number of halogens is 3. The van der Waals surface area contributed by atoms with Crippen LogP contribution in [0, 0.1) is 11.3 Å². The van der Waals surface area contributed by atoms with Crippen molar-refractivity contribution in [3.05, 3.63) is 0 Å². The largest absolute Gasteiger partial charge is 0.401 e. The molecule has 19 heavy (non-hydrogen) atoms. The average Bonchev–Trinajstić information content (AvgIpc) is 2.22. The van der Waals surface area contributed by atoms with E-state index in [1.165, 1.54) is 4.90 Å². The number of rotatable bonds is 3. The Morgan fingerprint density at radius 3 is 2.16 bits per heavy atom. The third-order valence-corrected chi connectivity index (χ3v) is 4.16. The molecule has 0 amide bonds. The van der Waals surface area contributed by atoms with Crippen LogP contribution in [0.1, 0.15) is 47.0 Å². The van der Waals surface area contributed by atoms with Gasteiger partial charge in [0.15, 0.2) is 0 Å². The summed E-state index contributed by atoms with van der Waals surface area (Å²) in [6, 6.07) is -0.185. The summed E-state index contributed by atoms with van der Waals surface area (Å²) < 4.78 is 38.0. The molecule has 5 heteroatoms. The third-order valence-electron chi connectivity index (χ3n) is 4.16. The Bertz CT molecular complexity index is 285. The standard InChI is InChI=1S/C14H26F3NO/c1-5-18(9-14(15,16)17)12-8-10(19)6-7-11(12)13(2,3)4/h10-12,19H,5-9H2,1-4H3. The second kappa shape index (κ2) is 6.00. The number of alkyl halides is 3. The lowest BCUT2D eigenvalue weighted by atomic mass is 9.68. The van der Waals surface area contributed by atoms with E-state index in [1.54, 1.807) is 6.92 Å². The van der Waals surface area contributed by atoms with Crippen LogP contribution in [0.5, 0.6) is 0 Å². The third kappa shape index (κ3) is 4.95. The van der Waals surface area contributed by atoms with Crippen LogP contribution in [0.25, 0.3) is 0 Å². The van der Waals surface area contributed by atoms with E-state index >= 15 is 0 Å². The average molecular weight is 281 g/mol. The zero-order valence-corrected chi connectivity index (χ0v) is 12.3. The van der Waals surface area contributed by atoms with Crippen molar-refractivity contribution in [3.8, 4) is 0 Å². The Hall–Kier alpha value is -0.290. The van der Waals surface area contributed by atoms with Gasteiger partial charge in [-0.25, -0.2) is 0 Å². The molecule has 1 aliphatic rings. The van der Waals surface area contributed by atoms with Gasteiger partial charge in [0.05, 0.1) is 12.6 Å². The molecule has 1 fully saturated rings. The highest BCUT2D eigenvalue weighted by Crippen LogP contribution is 2.41. The monoisotopic (exact) mass is 281 g/mol. The van der Waals surface area contributed by atoms with Crippen molar-refractivity contribution in [3.63, 3.8) is 0 Å². The maximum absolute atomic E-state index is 12.7. The minimum atomic E-state index is -4.18. The van der Waals surface area contributed by atoms with Crippen LogP contribution < -0.4 is 0 Å². The van der Waals surface area contributed by atoms with Gasteiger partial charge in [0.1, 0.15) is 0 Å². The van der Waals surface area contributed by atoms with Crippen molar-refractivity contribution < 1.29 is 18.3 Å². The first-order valence-corrected chi connectivity index (χ1v) is 7.03. The van der Waals surface area contributed by atoms with E-state index in [4.69, 9.17) is 0 Å². The molecule has 1 rings (SSSR count). The quantitative estimate of drug-likeness (QED) is 0.856. The smallest absolute Gasteiger partial charge is 0.393 e. The molecule has 0 aliphatic heterocycles. The maximum Gasteiger partial charge on any atom is 0.401 e. The van der Waals surface area contributed by atoms with E-state index in [0.29, 0.717) is 19.4 Å². The van der Waals surface area contributed by atoms with Crippen LogP contribution in [0.4, 0.5) is 13.2 Å². The van der Waals surface area contributed by atoms with Gasteiger partial charge in [-0.3, -0.25) is 4.90 Å². The lowest BCUT2D eigenvalue weighted by Gasteiger charge is -2.47. The first kappa shape index (κ1) is 16.8.